The van der Waals surface area contributed by atoms with E-state index < -0.39 is 0 Å². The van der Waals surface area contributed by atoms with Crippen molar-refractivity contribution in [3.05, 3.63) is 57.8 Å². The van der Waals surface area contributed by atoms with E-state index in [1.165, 1.54) is 16.2 Å². The molecule has 5 heteroatoms. The molecule has 1 fully saturated rings. The Morgan fingerprint density at radius 2 is 1.74 bits per heavy atom. The minimum Gasteiger partial charge on any atom is -0.294 e. The predicted molar refractivity (Wildman–Crippen MR) is 89.7 cm³/mol. The van der Waals surface area contributed by atoms with Crippen LogP contribution in [-0.2, 0) is 0 Å². The SMILES string of the molecule is O=C1c2ccccc2C(=O)N1CCN1CCCC1c1cccs1. The van der Waals surface area contributed by atoms with Crippen molar-refractivity contribution in [1.82, 2.24) is 9.80 Å². The van der Waals surface area contributed by atoms with Crippen molar-refractivity contribution in [3.63, 3.8) is 0 Å². The molecule has 23 heavy (non-hydrogen) atoms. The maximum Gasteiger partial charge on any atom is 0.261 e. The van der Waals surface area contributed by atoms with Crippen molar-refractivity contribution in [2.75, 3.05) is 19.6 Å². The van der Waals surface area contributed by atoms with Crippen LogP contribution in [0.5, 0.6) is 0 Å². The van der Waals surface area contributed by atoms with Crippen LogP contribution in [0.3, 0.4) is 0 Å². The second-order valence-corrected chi connectivity index (χ2v) is 7.00. The summed E-state index contributed by atoms with van der Waals surface area (Å²) in [6.45, 7) is 2.24. The van der Waals surface area contributed by atoms with Crippen LogP contribution in [0.15, 0.2) is 41.8 Å². The maximum atomic E-state index is 12.4. The number of benzene rings is 1. The van der Waals surface area contributed by atoms with Crippen LogP contribution >= 0.6 is 11.3 Å². The van der Waals surface area contributed by atoms with E-state index in [1.54, 1.807) is 35.6 Å². The number of nitrogens with zero attached hydrogens (tertiary/aromatic N) is 2. The fourth-order valence-electron chi connectivity index (χ4n) is 3.57. The van der Waals surface area contributed by atoms with E-state index in [4.69, 9.17) is 0 Å². The topological polar surface area (TPSA) is 40.6 Å². The molecule has 1 saturated heterocycles. The third kappa shape index (κ3) is 2.50. The second kappa shape index (κ2) is 5.91. The molecule has 0 saturated carbocycles. The first-order valence-electron chi connectivity index (χ1n) is 7.98. The molecule has 0 spiro atoms. The van der Waals surface area contributed by atoms with E-state index in [2.05, 4.69) is 22.4 Å². The lowest BCUT2D eigenvalue weighted by Crippen LogP contribution is -2.38. The molecule has 1 aromatic heterocycles. The molecule has 118 valence electrons. The van der Waals surface area contributed by atoms with E-state index >= 15 is 0 Å². The Balaban J connectivity index is 1.46. The van der Waals surface area contributed by atoms with E-state index in [9.17, 15) is 9.59 Å². The van der Waals surface area contributed by atoms with Crippen molar-refractivity contribution in [3.8, 4) is 0 Å². The van der Waals surface area contributed by atoms with Crippen LogP contribution < -0.4 is 0 Å². The van der Waals surface area contributed by atoms with Crippen LogP contribution in [0, 0.1) is 0 Å². The van der Waals surface area contributed by atoms with Gasteiger partial charge in [0.15, 0.2) is 0 Å². The zero-order chi connectivity index (χ0) is 15.8. The molecule has 2 aliphatic heterocycles. The van der Waals surface area contributed by atoms with Gasteiger partial charge in [0.2, 0.25) is 0 Å². The average Bonchev–Trinajstić information content (AvgIpc) is 3.28. The summed E-state index contributed by atoms with van der Waals surface area (Å²) in [6, 6.07) is 11.8. The Morgan fingerprint density at radius 3 is 2.39 bits per heavy atom. The molecule has 2 amide bonds. The number of rotatable bonds is 4. The zero-order valence-electron chi connectivity index (χ0n) is 12.8. The van der Waals surface area contributed by atoms with Crippen molar-refractivity contribution in [2.24, 2.45) is 0 Å². The van der Waals surface area contributed by atoms with Crippen LogP contribution in [0.25, 0.3) is 0 Å². The highest BCUT2D eigenvalue weighted by Crippen LogP contribution is 2.34. The molecule has 0 N–H and O–H groups in total. The number of carbonyl (C=O) groups excluding carboxylic acids is 2. The van der Waals surface area contributed by atoms with Gasteiger partial charge in [0.25, 0.3) is 11.8 Å². The summed E-state index contributed by atoms with van der Waals surface area (Å²) in [5.74, 6) is -0.310. The van der Waals surface area contributed by atoms with Gasteiger partial charge in [-0.3, -0.25) is 19.4 Å². The number of hydrogen-bond donors (Lipinski definition) is 0. The summed E-state index contributed by atoms with van der Waals surface area (Å²) in [5.41, 5.74) is 1.07. The van der Waals surface area contributed by atoms with Gasteiger partial charge < -0.3 is 0 Å². The lowest BCUT2D eigenvalue weighted by atomic mass is 10.1. The number of fused-ring (bicyclic) bond motifs is 1. The van der Waals surface area contributed by atoms with Crippen molar-refractivity contribution in [1.29, 1.82) is 0 Å². The smallest absolute Gasteiger partial charge is 0.261 e. The molecule has 1 unspecified atom stereocenters. The van der Waals surface area contributed by atoms with Gasteiger partial charge in [-0.15, -0.1) is 11.3 Å². The summed E-state index contributed by atoms with van der Waals surface area (Å²) in [4.78, 5) is 30.0. The molecule has 0 bridgehead atoms. The fourth-order valence-corrected chi connectivity index (χ4v) is 4.46. The summed E-state index contributed by atoms with van der Waals surface area (Å²) in [6.07, 6.45) is 2.33. The van der Waals surface area contributed by atoms with E-state index in [-0.39, 0.29) is 11.8 Å². The number of thiophene rings is 1. The summed E-state index contributed by atoms with van der Waals surface area (Å²) in [7, 11) is 0. The van der Waals surface area contributed by atoms with Crippen LogP contribution in [0.2, 0.25) is 0 Å². The highest BCUT2D eigenvalue weighted by atomic mass is 32.1. The molecule has 0 radical (unpaired) electrons. The van der Waals surface area contributed by atoms with E-state index in [0.29, 0.717) is 23.7 Å². The molecule has 1 aromatic carbocycles. The third-order valence-corrected chi connectivity index (χ3v) is 5.70. The second-order valence-electron chi connectivity index (χ2n) is 6.02. The lowest BCUT2D eigenvalue weighted by molar-refractivity contribution is 0.0633. The van der Waals surface area contributed by atoms with Crippen molar-refractivity contribution in [2.45, 2.75) is 18.9 Å². The van der Waals surface area contributed by atoms with Gasteiger partial charge in [-0.1, -0.05) is 18.2 Å². The largest absolute Gasteiger partial charge is 0.294 e. The summed E-state index contributed by atoms with van der Waals surface area (Å²) in [5, 5.41) is 2.11. The molecule has 3 heterocycles. The standard InChI is InChI=1S/C18H18N2O2S/c21-17-13-5-1-2-6-14(13)18(22)20(17)11-10-19-9-3-7-15(19)16-8-4-12-23-16/h1-2,4-6,8,12,15H,3,7,9-11H2. The van der Waals surface area contributed by atoms with Gasteiger partial charge in [0, 0.05) is 24.0 Å². The van der Waals surface area contributed by atoms with E-state index in [0.717, 1.165) is 19.5 Å². The van der Waals surface area contributed by atoms with Crippen LogP contribution in [-0.4, -0.2) is 41.2 Å². The molecule has 2 aromatic rings. The predicted octanol–water partition coefficient (Wildman–Crippen LogP) is 3.18. The lowest BCUT2D eigenvalue weighted by Gasteiger charge is -2.25. The van der Waals surface area contributed by atoms with Crippen LogP contribution in [0.4, 0.5) is 0 Å². The molecule has 4 nitrogen and oxygen atoms in total. The first-order chi connectivity index (χ1) is 11.3. The number of imide groups is 1. The number of likely N-dealkylation sites (tertiary alicyclic amines) is 1. The van der Waals surface area contributed by atoms with Crippen LogP contribution in [0.1, 0.15) is 44.5 Å². The van der Waals surface area contributed by atoms with E-state index in [1.807, 2.05) is 0 Å². The maximum absolute atomic E-state index is 12.4. The highest BCUT2D eigenvalue weighted by molar-refractivity contribution is 7.10. The molecule has 0 aliphatic carbocycles. The number of carbonyl (C=O) groups is 2. The Morgan fingerprint density at radius 1 is 1.00 bits per heavy atom. The van der Waals surface area contributed by atoms with Gasteiger partial charge in [0.05, 0.1) is 11.1 Å². The quantitative estimate of drug-likeness (QED) is 0.810. The normalized spacial score (nSPS) is 21.2. The minimum atomic E-state index is -0.155. The van der Waals surface area contributed by atoms with Crippen molar-refractivity contribution >= 4 is 23.2 Å². The molecule has 4 rings (SSSR count). The third-order valence-electron chi connectivity index (χ3n) is 4.72. The first-order valence-corrected chi connectivity index (χ1v) is 8.86. The van der Waals surface area contributed by atoms with Gasteiger partial charge in [-0.25, -0.2) is 0 Å². The van der Waals surface area contributed by atoms with Gasteiger partial charge in [0.1, 0.15) is 0 Å². The Bertz CT molecular complexity index is 706. The highest BCUT2D eigenvalue weighted by Gasteiger charge is 2.36. The zero-order valence-corrected chi connectivity index (χ0v) is 13.6. The Labute approximate surface area is 139 Å². The number of amides is 2. The average molecular weight is 326 g/mol. The van der Waals surface area contributed by atoms with Crippen molar-refractivity contribution < 1.29 is 9.59 Å². The molecule has 2 aliphatic rings. The minimum absolute atomic E-state index is 0.155. The Hall–Kier alpha value is -1.98. The van der Waals surface area contributed by atoms with Gasteiger partial charge >= 0.3 is 0 Å². The molecular weight excluding hydrogens is 308 g/mol. The fraction of sp³-hybridized carbons (Fsp3) is 0.333. The van der Waals surface area contributed by atoms with Gasteiger partial charge in [-0.2, -0.15) is 0 Å². The monoisotopic (exact) mass is 326 g/mol. The Kier molecular flexibility index (Phi) is 3.75. The van der Waals surface area contributed by atoms with Gasteiger partial charge in [-0.05, 0) is 43.0 Å². The summed E-state index contributed by atoms with van der Waals surface area (Å²) >= 11 is 1.78. The molecular formula is C18H18N2O2S. The first kappa shape index (κ1) is 14.6. The summed E-state index contributed by atoms with van der Waals surface area (Å²) < 4.78 is 0. The number of hydrogen-bond acceptors (Lipinski definition) is 4. The molecule has 1 atom stereocenters.